The van der Waals surface area contributed by atoms with E-state index in [1.54, 1.807) is 30.0 Å². The second-order valence-corrected chi connectivity index (χ2v) is 9.97. The highest BCUT2D eigenvalue weighted by molar-refractivity contribution is 7.99. The largest absolute Gasteiger partial charge is 0.481 e. The van der Waals surface area contributed by atoms with Gasteiger partial charge in [-0.05, 0) is 64.7 Å². The zero-order chi connectivity index (χ0) is 24.0. The maximum Gasteiger partial charge on any atom is 0.307 e. The van der Waals surface area contributed by atoms with E-state index < -0.39 is 11.9 Å². The van der Waals surface area contributed by atoms with Gasteiger partial charge in [-0.3, -0.25) is 9.59 Å². The number of hydrogen-bond donors (Lipinski definition) is 3. The molecule has 5 rings (SSSR count). The summed E-state index contributed by atoms with van der Waals surface area (Å²) in [5.41, 5.74) is 16.8. The molecule has 0 saturated heterocycles. The minimum absolute atomic E-state index is 0.0739. The molecule has 34 heavy (non-hydrogen) atoms. The number of carbonyl (C=O) groups excluding carboxylic acids is 1. The van der Waals surface area contributed by atoms with Crippen LogP contribution in [0.25, 0.3) is 22.0 Å². The molecule has 6 nitrogen and oxygen atoms in total. The Morgan fingerprint density at radius 2 is 1.94 bits per heavy atom. The summed E-state index contributed by atoms with van der Waals surface area (Å²) >= 11 is 8.06. The molecule has 1 aliphatic rings. The minimum Gasteiger partial charge on any atom is -0.481 e. The molecular formula is C26H22ClN3O3S. The number of benzene rings is 3. The number of hydrogen-bond acceptors (Lipinski definition) is 4. The van der Waals surface area contributed by atoms with Crippen LogP contribution < -0.4 is 11.5 Å². The van der Waals surface area contributed by atoms with Crippen molar-refractivity contribution in [3.8, 4) is 11.1 Å². The summed E-state index contributed by atoms with van der Waals surface area (Å²) in [7, 11) is 0. The van der Waals surface area contributed by atoms with Gasteiger partial charge in [0.15, 0.2) is 0 Å². The van der Waals surface area contributed by atoms with Gasteiger partial charge >= 0.3 is 5.97 Å². The lowest BCUT2D eigenvalue weighted by Gasteiger charge is -2.14. The number of fused-ring (bicyclic) bond motifs is 2. The number of nitrogen functional groups attached to an aromatic ring is 1. The predicted octanol–water partition coefficient (Wildman–Crippen LogP) is 5.16. The number of aromatic nitrogens is 1. The first-order valence-electron chi connectivity index (χ1n) is 10.8. The molecule has 3 aromatic carbocycles. The van der Waals surface area contributed by atoms with Crippen LogP contribution in [0.5, 0.6) is 0 Å². The van der Waals surface area contributed by atoms with Gasteiger partial charge in [-0.15, -0.1) is 11.8 Å². The van der Waals surface area contributed by atoms with Crippen molar-refractivity contribution >= 4 is 51.8 Å². The summed E-state index contributed by atoms with van der Waals surface area (Å²) in [5, 5.41) is 11.0. The molecule has 1 atom stereocenters. The van der Waals surface area contributed by atoms with Gasteiger partial charge in [0.1, 0.15) is 0 Å². The first kappa shape index (κ1) is 22.4. The molecule has 0 saturated carbocycles. The van der Waals surface area contributed by atoms with E-state index >= 15 is 0 Å². The number of halogens is 1. The van der Waals surface area contributed by atoms with Gasteiger partial charge in [0.05, 0.1) is 6.42 Å². The van der Waals surface area contributed by atoms with E-state index in [1.807, 2.05) is 36.5 Å². The minimum atomic E-state index is -0.886. The van der Waals surface area contributed by atoms with Crippen LogP contribution in [0.1, 0.15) is 27.4 Å². The van der Waals surface area contributed by atoms with E-state index in [-0.39, 0.29) is 12.3 Å². The van der Waals surface area contributed by atoms with Crippen LogP contribution in [0.4, 0.5) is 5.69 Å². The number of carboxylic acid groups (broad SMARTS) is 1. The summed E-state index contributed by atoms with van der Waals surface area (Å²) < 4.78 is 2.11. The molecule has 2 heterocycles. The lowest BCUT2D eigenvalue weighted by Crippen LogP contribution is -2.12. The molecule has 0 fully saturated rings. The third-order valence-electron chi connectivity index (χ3n) is 6.20. The Hall–Kier alpha value is -3.42. The molecule has 172 valence electrons. The van der Waals surface area contributed by atoms with Crippen molar-refractivity contribution in [3.63, 3.8) is 0 Å². The summed E-state index contributed by atoms with van der Waals surface area (Å²) in [4.78, 5) is 24.8. The highest BCUT2D eigenvalue weighted by Crippen LogP contribution is 2.42. The molecule has 0 bridgehead atoms. The van der Waals surface area contributed by atoms with Crippen LogP contribution in [0.15, 0.2) is 65.7 Å². The normalized spacial score (nSPS) is 14.9. The maximum absolute atomic E-state index is 12.0. The van der Waals surface area contributed by atoms with Gasteiger partial charge in [-0.1, -0.05) is 23.7 Å². The number of carboxylic acids is 1. The van der Waals surface area contributed by atoms with Crippen LogP contribution in [0.3, 0.4) is 0 Å². The fraction of sp³-hybridized carbons (Fsp3) is 0.154. The van der Waals surface area contributed by atoms with Crippen LogP contribution >= 0.6 is 23.4 Å². The second-order valence-electron chi connectivity index (χ2n) is 8.47. The van der Waals surface area contributed by atoms with E-state index in [2.05, 4.69) is 10.6 Å². The van der Waals surface area contributed by atoms with Crippen LogP contribution in [0, 0.1) is 0 Å². The van der Waals surface area contributed by atoms with Crippen molar-refractivity contribution < 1.29 is 14.7 Å². The Morgan fingerprint density at radius 3 is 2.71 bits per heavy atom. The topological polar surface area (TPSA) is 111 Å². The number of anilines is 1. The lowest BCUT2D eigenvalue weighted by atomic mass is 9.97. The number of nitrogens with zero attached hydrogens (tertiary/aromatic N) is 1. The highest BCUT2D eigenvalue weighted by atomic mass is 35.5. The van der Waals surface area contributed by atoms with Gasteiger partial charge in [0.25, 0.3) is 0 Å². The van der Waals surface area contributed by atoms with Gasteiger partial charge in [0.2, 0.25) is 5.91 Å². The molecular weight excluding hydrogens is 470 g/mol. The average molecular weight is 492 g/mol. The predicted molar refractivity (Wildman–Crippen MR) is 137 cm³/mol. The van der Waals surface area contributed by atoms with Crippen molar-refractivity contribution in [1.29, 1.82) is 0 Å². The van der Waals surface area contributed by atoms with Crippen LogP contribution in [-0.2, 0) is 17.8 Å². The zero-order valence-electron chi connectivity index (χ0n) is 18.1. The van der Waals surface area contributed by atoms with Gasteiger partial charge in [-0.2, -0.15) is 0 Å². The van der Waals surface area contributed by atoms with E-state index in [0.717, 1.165) is 27.8 Å². The molecule has 0 radical (unpaired) electrons. The quantitative estimate of drug-likeness (QED) is 0.322. The number of thioether (sulfide) groups is 1. The van der Waals surface area contributed by atoms with Gasteiger partial charge < -0.3 is 21.1 Å². The molecule has 1 unspecified atom stereocenters. The Morgan fingerprint density at radius 1 is 1.12 bits per heavy atom. The lowest BCUT2D eigenvalue weighted by molar-refractivity contribution is -0.136. The van der Waals surface area contributed by atoms with Crippen molar-refractivity contribution in [1.82, 2.24) is 4.57 Å². The second kappa shape index (κ2) is 8.74. The van der Waals surface area contributed by atoms with Gasteiger partial charge in [0, 0.05) is 56.5 Å². The molecule has 8 heteroatoms. The summed E-state index contributed by atoms with van der Waals surface area (Å²) in [5.74, 6) is -0.258. The SMILES string of the molecule is NC(=O)c1ccc(N)cc1-c1ccc2c(CC(=O)O)cn(CC3CSc4ccc(Cl)cc43)c2c1. The fourth-order valence-corrected chi connectivity index (χ4v) is 6.05. The van der Waals surface area contributed by atoms with Crippen LogP contribution in [0.2, 0.25) is 5.02 Å². The van der Waals surface area contributed by atoms with Crippen molar-refractivity contribution in [3.05, 3.63) is 82.5 Å². The Bertz CT molecular complexity index is 1460. The summed E-state index contributed by atoms with van der Waals surface area (Å²) in [6, 6.07) is 16.7. The average Bonchev–Trinajstić information content (AvgIpc) is 3.34. The number of carbonyl (C=O) groups is 2. The molecule has 1 aromatic heterocycles. The molecule has 0 spiro atoms. The van der Waals surface area contributed by atoms with E-state index in [4.69, 9.17) is 23.1 Å². The van der Waals surface area contributed by atoms with Crippen LogP contribution in [-0.4, -0.2) is 27.3 Å². The molecule has 5 N–H and O–H groups in total. The standard InChI is InChI=1S/C26H22ClN3O3S/c27-17-2-6-24-22(9-17)16(13-34-24)12-30-11-15(8-25(31)32)19-4-1-14(7-23(19)30)21-10-18(28)3-5-20(21)26(29)33/h1-7,9-11,16H,8,12-13,28H2,(H2,29,33)(H,31,32). The maximum atomic E-state index is 12.0. The smallest absolute Gasteiger partial charge is 0.307 e. The molecule has 1 amide bonds. The van der Waals surface area contributed by atoms with Crippen molar-refractivity contribution in [2.75, 3.05) is 11.5 Å². The monoisotopic (exact) mass is 491 g/mol. The molecule has 1 aliphatic heterocycles. The fourth-order valence-electron chi connectivity index (χ4n) is 4.64. The van der Waals surface area contributed by atoms with Crippen molar-refractivity contribution in [2.45, 2.75) is 23.8 Å². The number of amides is 1. The zero-order valence-corrected chi connectivity index (χ0v) is 19.7. The first-order chi connectivity index (χ1) is 16.3. The highest BCUT2D eigenvalue weighted by Gasteiger charge is 2.25. The van der Waals surface area contributed by atoms with Gasteiger partial charge in [-0.25, -0.2) is 0 Å². The molecule has 0 aliphatic carbocycles. The first-order valence-corrected chi connectivity index (χ1v) is 12.1. The summed E-state index contributed by atoms with van der Waals surface area (Å²) in [6.07, 6.45) is 1.85. The van der Waals surface area contributed by atoms with E-state index in [0.29, 0.717) is 28.4 Å². The Kier molecular flexibility index (Phi) is 5.75. The molecule has 4 aromatic rings. The Balaban J connectivity index is 1.63. The number of primary amides is 1. The summed E-state index contributed by atoms with van der Waals surface area (Å²) in [6.45, 7) is 0.680. The third kappa shape index (κ3) is 4.13. The van der Waals surface area contributed by atoms with E-state index in [1.165, 1.54) is 10.5 Å². The van der Waals surface area contributed by atoms with Crippen molar-refractivity contribution in [2.24, 2.45) is 5.73 Å². The third-order valence-corrected chi connectivity index (χ3v) is 7.68. The number of rotatable bonds is 6. The number of aliphatic carboxylic acids is 1. The van der Waals surface area contributed by atoms with E-state index in [9.17, 15) is 14.7 Å². The number of nitrogens with two attached hydrogens (primary N) is 2. The Labute approximate surface area is 205 Å².